The molecule has 0 aromatic heterocycles. The Kier molecular flexibility index (Phi) is 8.33. The summed E-state index contributed by atoms with van der Waals surface area (Å²) >= 11 is 3.23. The molecule has 0 unspecified atom stereocenters. The predicted octanol–water partition coefficient (Wildman–Crippen LogP) is 2.34. The summed E-state index contributed by atoms with van der Waals surface area (Å²) in [5, 5.41) is 25.1. The monoisotopic (exact) mass is 377 g/mol. The number of nitro benzene ring substituents is 2. The summed E-state index contributed by atoms with van der Waals surface area (Å²) in [7, 11) is 0. The van der Waals surface area contributed by atoms with Crippen molar-refractivity contribution in [1.29, 1.82) is 0 Å². The molecular formula is C12H16BrN3O6. The summed E-state index contributed by atoms with van der Waals surface area (Å²) in [6.07, 6.45) is 0. The Morgan fingerprint density at radius 1 is 1.05 bits per heavy atom. The molecule has 0 saturated heterocycles. The van der Waals surface area contributed by atoms with Crippen molar-refractivity contribution >= 4 is 33.0 Å². The number of nitrogens with one attached hydrogen (secondary N) is 1. The zero-order chi connectivity index (χ0) is 16.4. The molecular weight excluding hydrogens is 362 g/mol. The number of alkyl halides is 1. The van der Waals surface area contributed by atoms with Crippen LogP contribution in [0, 0.1) is 20.2 Å². The van der Waals surface area contributed by atoms with Crippen LogP contribution < -0.4 is 5.32 Å². The Hall–Kier alpha value is -1.78. The first kappa shape index (κ1) is 18.3. The average Bonchev–Trinajstić information content (AvgIpc) is 2.49. The molecule has 0 radical (unpaired) electrons. The van der Waals surface area contributed by atoms with Crippen molar-refractivity contribution in [2.75, 3.05) is 43.6 Å². The van der Waals surface area contributed by atoms with E-state index in [-0.39, 0.29) is 17.1 Å². The van der Waals surface area contributed by atoms with E-state index in [0.717, 1.165) is 11.4 Å². The zero-order valence-electron chi connectivity index (χ0n) is 11.7. The third-order valence-corrected chi connectivity index (χ3v) is 2.87. The molecule has 0 aliphatic rings. The lowest BCUT2D eigenvalue weighted by atomic mass is 10.2. The van der Waals surface area contributed by atoms with Gasteiger partial charge in [0.1, 0.15) is 5.69 Å². The van der Waals surface area contributed by atoms with E-state index in [9.17, 15) is 20.2 Å². The number of rotatable bonds is 11. The molecule has 22 heavy (non-hydrogen) atoms. The van der Waals surface area contributed by atoms with Crippen LogP contribution in [-0.2, 0) is 9.47 Å². The molecule has 0 fully saturated rings. The average molecular weight is 378 g/mol. The number of benzene rings is 1. The molecule has 0 saturated carbocycles. The van der Waals surface area contributed by atoms with Crippen LogP contribution in [0.2, 0.25) is 0 Å². The number of anilines is 1. The van der Waals surface area contributed by atoms with Crippen LogP contribution in [0.15, 0.2) is 18.2 Å². The smallest absolute Gasteiger partial charge is 0.299 e. The van der Waals surface area contributed by atoms with Gasteiger partial charge >= 0.3 is 0 Å². The van der Waals surface area contributed by atoms with Gasteiger partial charge in [0, 0.05) is 17.9 Å². The number of nitrogens with zero attached hydrogens (tertiary/aromatic N) is 2. The third kappa shape index (κ3) is 6.33. The maximum atomic E-state index is 10.9. The van der Waals surface area contributed by atoms with Gasteiger partial charge in [0.05, 0.1) is 42.3 Å². The molecule has 0 bridgehead atoms. The highest BCUT2D eigenvalue weighted by molar-refractivity contribution is 9.09. The molecule has 122 valence electrons. The van der Waals surface area contributed by atoms with Crippen molar-refractivity contribution in [1.82, 2.24) is 0 Å². The van der Waals surface area contributed by atoms with E-state index in [1.165, 1.54) is 12.1 Å². The largest absolute Gasteiger partial charge is 0.378 e. The molecule has 1 aromatic rings. The van der Waals surface area contributed by atoms with E-state index in [1.807, 2.05) is 0 Å². The minimum absolute atomic E-state index is 0.217. The van der Waals surface area contributed by atoms with E-state index < -0.39 is 9.85 Å². The fraction of sp³-hybridized carbons (Fsp3) is 0.500. The molecule has 0 aliphatic heterocycles. The molecule has 9 nitrogen and oxygen atoms in total. The lowest BCUT2D eigenvalue weighted by molar-refractivity contribution is -0.393. The first-order chi connectivity index (χ1) is 10.6. The van der Waals surface area contributed by atoms with E-state index in [1.54, 1.807) is 0 Å². The van der Waals surface area contributed by atoms with Gasteiger partial charge in [0.2, 0.25) is 0 Å². The van der Waals surface area contributed by atoms with Crippen molar-refractivity contribution in [3.8, 4) is 0 Å². The predicted molar refractivity (Wildman–Crippen MR) is 83.7 cm³/mol. The Bertz CT molecular complexity index is 514. The number of ether oxygens (including phenoxy) is 2. The zero-order valence-corrected chi connectivity index (χ0v) is 13.3. The lowest BCUT2D eigenvalue weighted by Gasteiger charge is -2.08. The van der Waals surface area contributed by atoms with Gasteiger partial charge in [-0.3, -0.25) is 20.2 Å². The first-order valence-electron chi connectivity index (χ1n) is 6.44. The Morgan fingerprint density at radius 2 is 1.73 bits per heavy atom. The number of non-ortho nitro benzene ring substituents is 1. The summed E-state index contributed by atoms with van der Waals surface area (Å²) < 4.78 is 10.5. The molecule has 1 aromatic carbocycles. The van der Waals surface area contributed by atoms with Crippen LogP contribution in [0.1, 0.15) is 0 Å². The van der Waals surface area contributed by atoms with Gasteiger partial charge < -0.3 is 14.8 Å². The van der Waals surface area contributed by atoms with Gasteiger partial charge in [-0.25, -0.2) is 0 Å². The van der Waals surface area contributed by atoms with Crippen molar-refractivity contribution in [3.05, 3.63) is 38.4 Å². The molecule has 0 atom stereocenters. The van der Waals surface area contributed by atoms with Gasteiger partial charge in [-0.2, -0.15) is 0 Å². The number of hydrogen-bond donors (Lipinski definition) is 1. The normalized spacial score (nSPS) is 10.4. The van der Waals surface area contributed by atoms with E-state index >= 15 is 0 Å². The molecule has 0 amide bonds. The summed E-state index contributed by atoms with van der Waals surface area (Å²) in [5.41, 5.74) is -0.443. The number of nitro groups is 2. The summed E-state index contributed by atoms with van der Waals surface area (Å²) in [5.74, 6) is 0. The topological polar surface area (TPSA) is 117 Å². The van der Waals surface area contributed by atoms with Crippen molar-refractivity contribution in [2.24, 2.45) is 0 Å². The van der Waals surface area contributed by atoms with E-state index in [4.69, 9.17) is 9.47 Å². The third-order valence-electron chi connectivity index (χ3n) is 2.54. The summed E-state index contributed by atoms with van der Waals surface area (Å²) in [6, 6.07) is 3.46. The summed E-state index contributed by atoms with van der Waals surface area (Å²) in [6.45, 7) is 2.19. The van der Waals surface area contributed by atoms with Crippen LogP contribution in [0.4, 0.5) is 17.1 Å². The van der Waals surface area contributed by atoms with Crippen LogP contribution >= 0.6 is 15.9 Å². The van der Waals surface area contributed by atoms with Gasteiger partial charge in [0.25, 0.3) is 11.4 Å². The maximum Gasteiger partial charge on any atom is 0.299 e. The molecule has 0 spiro atoms. The highest BCUT2D eigenvalue weighted by Crippen LogP contribution is 2.28. The molecule has 10 heteroatoms. The Labute approximate surface area is 135 Å². The minimum atomic E-state index is -0.674. The lowest BCUT2D eigenvalue weighted by Crippen LogP contribution is -2.13. The SMILES string of the molecule is O=[N+]([O-])c1ccc(NCCOCCOCCBr)c([N+](=O)[O-])c1. The molecule has 1 rings (SSSR count). The van der Waals surface area contributed by atoms with Crippen LogP contribution in [0.3, 0.4) is 0 Å². The minimum Gasteiger partial charge on any atom is -0.378 e. The van der Waals surface area contributed by atoms with Crippen molar-refractivity contribution in [3.63, 3.8) is 0 Å². The van der Waals surface area contributed by atoms with Crippen LogP contribution in [0.5, 0.6) is 0 Å². The van der Waals surface area contributed by atoms with E-state index in [2.05, 4.69) is 21.2 Å². The van der Waals surface area contributed by atoms with E-state index in [0.29, 0.717) is 33.0 Å². The second kappa shape index (κ2) is 10.0. The highest BCUT2D eigenvalue weighted by Gasteiger charge is 2.18. The summed E-state index contributed by atoms with van der Waals surface area (Å²) in [4.78, 5) is 20.2. The molecule has 0 aliphatic carbocycles. The number of hydrogen-bond acceptors (Lipinski definition) is 7. The maximum absolute atomic E-state index is 10.9. The quantitative estimate of drug-likeness (QED) is 0.272. The van der Waals surface area contributed by atoms with Crippen molar-refractivity contribution in [2.45, 2.75) is 0 Å². The Balaban J connectivity index is 2.42. The van der Waals surface area contributed by atoms with Gasteiger partial charge in [-0.1, -0.05) is 15.9 Å². The fourth-order valence-electron chi connectivity index (χ4n) is 1.57. The fourth-order valence-corrected chi connectivity index (χ4v) is 1.80. The molecule has 1 N–H and O–H groups in total. The van der Waals surface area contributed by atoms with Gasteiger partial charge in [0.15, 0.2) is 0 Å². The van der Waals surface area contributed by atoms with Crippen molar-refractivity contribution < 1.29 is 19.3 Å². The van der Waals surface area contributed by atoms with Crippen LogP contribution in [-0.4, -0.2) is 48.1 Å². The second-order valence-corrected chi connectivity index (χ2v) is 4.85. The number of halogens is 1. The second-order valence-electron chi connectivity index (χ2n) is 4.06. The van der Waals surface area contributed by atoms with Crippen LogP contribution in [0.25, 0.3) is 0 Å². The standard InChI is InChI=1S/C12H16BrN3O6/c13-3-5-21-7-8-22-6-4-14-11-2-1-10(15(17)18)9-12(11)16(19)20/h1-2,9,14H,3-8H2. The first-order valence-corrected chi connectivity index (χ1v) is 7.56. The highest BCUT2D eigenvalue weighted by atomic mass is 79.9. The van der Waals surface area contributed by atoms with Gasteiger partial charge in [-0.15, -0.1) is 0 Å². The van der Waals surface area contributed by atoms with Gasteiger partial charge in [-0.05, 0) is 6.07 Å². The Morgan fingerprint density at radius 3 is 2.32 bits per heavy atom. The molecule has 0 heterocycles.